The van der Waals surface area contributed by atoms with Crippen LogP contribution in [0.5, 0.6) is 0 Å². The Morgan fingerprint density at radius 2 is 1.87 bits per heavy atom. The van der Waals surface area contributed by atoms with Crippen LogP contribution in [-0.2, 0) is 0 Å². The van der Waals surface area contributed by atoms with Gasteiger partial charge in [-0.05, 0) is 55.3 Å². The normalized spacial score (nSPS) is 16.4. The smallest absolute Gasteiger partial charge is 0.272 e. The van der Waals surface area contributed by atoms with Crippen molar-refractivity contribution < 1.29 is 13.7 Å². The van der Waals surface area contributed by atoms with Gasteiger partial charge in [0, 0.05) is 18.7 Å². The summed E-state index contributed by atoms with van der Waals surface area (Å²) in [5, 5.41) is 8.36. The van der Waals surface area contributed by atoms with Crippen molar-refractivity contribution in [3.63, 3.8) is 0 Å². The van der Waals surface area contributed by atoms with Crippen LogP contribution in [0.4, 0.5) is 4.39 Å². The molecule has 1 atom stereocenters. The summed E-state index contributed by atoms with van der Waals surface area (Å²) < 4.78 is 20.3. The van der Waals surface area contributed by atoms with E-state index in [4.69, 9.17) is 4.52 Å². The molecule has 2 aromatic carbocycles. The molecule has 1 aliphatic rings. The molecule has 156 valence electrons. The number of piperidine rings is 1. The molecular formula is C23H20FN5O2. The highest BCUT2D eigenvalue weighted by molar-refractivity contribution is 5.93. The maximum Gasteiger partial charge on any atom is 0.272 e. The van der Waals surface area contributed by atoms with Crippen molar-refractivity contribution in [3.8, 4) is 17.1 Å². The highest BCUT2D eigenvalue weighted by Gasteiger charge is 2.30. The number of rotatable bonds is 4. The van der Waals surface area contributed by atoms with E-state index in [1.165, 1.54) is 12.1 Å². The molecule has 0 aliphatic carbocycles. The van der Waals surface area contributed by atoms with Crippen LogP contribution in [0.25, 0.3) is 17.1 Å². The van der Waals surface area contributed by atoms with Gasteiger partial charge >= 0.3 is 0 Å². The SMILES string of the molecule is O=C(c1ccnn1-c1ccccc1)N1CCCC(c2nc(-c3ccc(F)cc3)no2)C1. The Kier molecular flexibility index (Phi) is 5.03. The molecule has 3 heterocycles. The van der Waals surface area contributed by atoms with Gasteiger partial charge in [0.05, 0.1) is 17.8 Å². The Morgan fingerprint density at radius 3 is 2.68 bits per heavy atom. The first-order valence-corrected chi connectivity index (χ1v) is 10.2. The predicted molar refractivity (Wildman–Crippen MR) is 111 cm³/mol. The number of carbonyl (C=O) groups is 1. The molecule has 1 saturated heterocycles. The summed E-state index contributed by atoms with van der Waals surface area (Å²) in [5.41, 5.74) is 2.04. The lowest BCUT2D eigenvalue weighted by atomic mass is 9.97. The number of carbonyl (C=O) groups excluding carboxylic acids is 1. The summed E-state index contributed by atoms with van der Waals surface area (Å²) in [5.74, 6) is 0.467. The van der Waals surface area contributed by atoms with Crippen LogP contribution in [0.3, 0.4) is 0 Å². The van der Waals surface area contributed by atoms with Crippen LogP contribution in [0.15, 0.2) is 71.4 Å². The van der Waals surface area contributed by atoms with Gasteiger partial charge in [-0.2, -0.15) is 10.1 Å². The zero-order valence-corrected chi connectivity index (χ0v) is 16.7. The number of para-hydroxylation sites is 1. The van der Waals surface area contributed by atoms with E-state index in [0.29, 0.717) is 36.1 Å². The lowest BCUT2D eigenvalue weighted by Gasteiger charge is -2.31. The molecule has 7 nitrogen and oxygen atoms in total. The maximum absolute atomic E-state index is 13.3. The van der Waals surface area contributed by atoms with Crippen LogP contribution >= 0.6 is 0 Å². The van der Waals surface area contributed by atoms with E-state index in [1.54, 1.807) is 29.1 Å². The second kappa shape index (κ2) is 8.14. The van der Waals surface area contributed by atoms with Crippen LogP contribution in [-0.4, -0.2) is 43.8 Å². The molecule has 2 aromatic heterocycles. The predicted octanol–water partition coefficient (Wildman–Crippen LogP) is 4.08. The number of halogens is 1. The Morgan fingerprint density at radius 1 is 1.06 bits per heavy atom. The summed E-state index contributed by atoms with van der Waals surface area (Å²) in [6.45, 7) is 1.15. The summed E-state index contributed by atoms with van der Waals surface area (Å²) in [6, 6.07) is 17.3. The highest BCUT2D eigenvalue weighted by Crippen LogP contribution is 2.28. The van der Waals surface area contributed by atoms with Gasteiger partial charge in [0.1, 0.15) is 11.5 Å². The summed E-state index contributed by atoms with van der Waals surface area (Å²) in [6.07, 6.45) is 3.32. The van der Waals surface area contributed by atoms with Gasteiger partial charge in [0.2, 0.25) is 11.7 Å². The first-order chi connectivity index (χ1) is 15.2. The van der Waals surface area contributed by atoms with E-state index in [1.807, 2.05) is 35.2 Å². The Labute approximate surface area is 178 Å². The van der Waals surface area contributed by atoms with Gasteiger partial charge in [-0.3, -0.25) is 4.79 Å². The number of amides is 1. The number of hydrogen-bond donors (Lipinski definition) is 0. The Hall–Kier alpha value is -3.81. The minimum Gasteiger partial charge on any atom is -0.339 e. The van der Waals surface area contributed by atoms with Crippen molar-refractivity contribution in [2.45, 2.75) is 18.8 Å². The third-order valence-corrected chi connectivity index (χ3v) is 5.46. The van der Waals surface area contributed by atoms with E-state index in [2.05, 4.69) is 15.2 Å². The molecule has 1 aliphatic heterocycles. The third kappa shape index (κ3) is 3.84. The van der Waals surface area contributed by atoms with E-state index in [-0.39, 0.29) is 17.6 Å². The van der Waals surface area contributed by atoms with E-state index >= 15 is 0 Å². The monoisotopic (exact) mass is 417 g/mol. The lowest BCUT2D eigenvalue weighted by molar-refractivity contribution is 0.0686. The van der Waals surface area contributed by atoms with Gasteiger partial charge in [-0.1, -0.05) is 23.4 Å². The molecule has 0 radical (unpaired) electrons. The quantitative estimate of drug-likeness (QED) is 0.500. The molecule has 0 bridgehead atoms. The van der Waals surface area contributed by atoms with E-state index in [0.717, 1.165) is 18.5 Å². The van der Waals surface area contributed by atoms with E-state index in [9.17, 15) is 9.18 Å². The van der Waals surface area contributed by atoms with Gasteiger partial charge in [0.25, 0.3) is 5.91 Å². The molecule has 4 aromatic rings. The largest absolute Gasteiger partial charge is 0.339 e. The number of nitrogens with zero attached hydrogens (tertiary/aromatic N) is 5. The molecule has 1 fully saturated rings. The van der Waals surface area contributed by atoms with Gasteiger partial charge in [-0.25, -0.2) is 9.07 Å². The molecule has 0 spiro atoms. The first-order valence-electron chi connectivity index (χ1n) is 10.2. The molecule has 31 heavy (non-hydrogen) atoms. The summed E-state index contributed by atoms with van der Waals surface area (Å²) in [7, 11) is 0. The van der Waals surface area contributed by atoms with Crippen LogP contribution in [0, 0.1) is 5.82 Å². The molecular weight excluding hydrogens is 397 g/mol. The second-order valence-corrected chi connectivity index (χ2v) is 7.52. The fourth-order valence-electron chi connectivity index (χ4n) is 3.88. The van der Waals surface area contributed by atoms with Gasteiger partial charge in [0.15, 0.2) is 0 Å². The lowest BCUT2D eigenvalue weighted by Crippen LogP contribution is -2.40. The van der Waals surface area contributed by atoms with Crippen molar-refractivity contribution in [3.05, 3.63) is 84.3 Å². The van der Waals surface area contributed by atoms with Crippen molar-refractivity contribution in [1.82, 2.24) is 24.8 Å². The number of benzene rings is 2. The van der Waals surface area contributed by atoms with Crippen molar-refractivity contribution in [2.75, 3.05) is 13.1 Å². The summed E-state index contributed by atoms with van der Waals surface area (Å²) in [4.78, 5) is 19.6. The minimum absolute atomic E-state index is 0.0486. The average Bonchev–Trinajstić information content (AvgIpc) is 3.50. The number of aromatic nitrogens is 4. The third-order valence-electron chi connectivity index (χ3n) is 5.46. The van der Waals surface area contributed by atoms with Crippen molar-refractivity contribution >= 4 is 5.91 Å². The number of hydrogen-bond acceptors (Lipinski definition) is 5. The topological polar surface area (TPSA) is 77.1 Å². The fraction of sp³-hybridized carbons (Fsp3) is 0.217. The fourth-order valence-corrected chi connectivity index (χ4v) is 3.88. The number of likely N-dealkylation sites (tertiary alicyclic amines) is 1. The van der Waals surface area contributed by atoms with E-state index < -0.39 is 0 Å². The molecule has 0 N–H and O–H groups in total. The average molecular weight is 417 g/mol. The van der Waals surface area contributed by atoms with Crippen LogP contribution in [0.1, 0.15) is 35.1 Å². The zero-order valence-electron chi connectivity index (χ0n) is 16.7. The van der Waals surface area contributed by atoms with Crippen LogP contribution < -0.4 is 0 Å². The molecule has 0 saturated carbocycles. The molecule has 8 heteroatoms. The van der Waals surface area contributed by atoms with Gasteiger partial charge < -0.3 is 9.42 Å². The Bertz CT molecular complexity index is 1190. The molecule has 1 unspecified atom stereocenters. The zero-order chi connectivity index (χ0) is 21.2. The summed E-state index contributed by atoms with van der Waals surface area (Å²) >= 11 is 0. The first kappa shape index (κ1) is 19.2. The molecule has 5 rings (SSSR count). The standard InChI is InChI=1S/C23H20FN5O2/c24-18-10-8-16(9-11-18)21-26-22(31-27-21)17-5-4-14-28(15-17)23(30)20-12-13-25-29(20)19-6-2-1-3-7-19/h1-3,6-13,17H,4-5,14-15H2. The van der Waals surface area contributed by atoms with Gasteiger partial charge in [-0.15, -0.1) is 0 Å². The maximum atomic E-state index is 13.3. The van der Waals surface area contributed by atoms with Crippen molar-refractivity contribution in [2.24, 2.45) is 0 Å². The minimum atomic E-state index is -0.316. The highest BCUT2D eigenvalue weighted by atomic mass is 19.1. The molecule has 1 amide bonds. The van der Waals surface area contributed by atoms with Crippen molar-refractivity contribution in [1.29, 1.82) is 0 Å². The Balaban J connectivity index is 1.34. The van der Waals surface area contributed by atoms with Crippen LogP contribution in [0.2, 0.25) is 0 Å². The second-order valence-electron chi connectivity index (χ2n) is 7.52.